The Bertz CT molecular complexity index is 868. The molecule has 2 aromatic carbocycles. The zero-order valence-electron chi connectivity index (χ0n) is 11.7. The molecule has 0 atom stereocenters. The van der Waals surface area contributed by atoms with Crippen molar-refractivity contribution >= 4 is 0 Å². The van der Waals surface area contributed by atoms with Gasteiger partial charge in [0, 0.05) is 12.5 Å². The summed E-state index contributed by atoms with van der Waals surface area (Å²) in [6, 6.07) is 15.3. The number of ether oxygens (including phenoxy) is 2. The van der Waals surface area contributed by atoms with E-state index in [1.54, 1.807) is 16.7 Å². The summed E-state index contributed by atoms with van der Waals surface area (Å²) < 4.78 is 12.2. The van der Waals surface area contributed by atoms with Crippen molar-refractivity contribution in [3.05, 3.63) is 70.4 Å². The van der Waals surface area contributed by atoms with E-state index in [9.17, 15) is 4.79 Å². The van der Waals surface area contributed by atoms with Crippen LogP contribution >= 0.6 is 0 Å². The first-order chi connectivity index (χ1) is 10.8. The van der Waals surface area contributed by atoms with Crippen LogP contribution in [0.15, 0.2) is 53.3 Å². The average Bonchev–Trinajstić information content (AvgIpc) is 3.14. The van der Waals surface area contributed by atoms with Crippen molar-refractivity contribution in [3.8, 4) is 17.2 Å². The highest BCUT2D eigenvalue weighted by atomic mass is 16.7. The number of hydrogen-bond acceptors (Lipinski definition) is 4. The summed E-state index contributed by atoms with van der Waals surface area (Å²) in [7, 11) is 0. The highest BCUT2D eigenvalue weighted by molar-refractivity contribution is 5.50. The molecule has 110 valence electrons. The van der Waals surface area contributed by atoms with Gasteiger partial charge in [0.2, 0.25) is 6.79 Å². The van der Waals surface area contributed by atoms with Gasteiger partial charge in [-0.2, -0.15) is 5.10 Å². The first-order valence-electron chi connectivity index (χ1n) is 6.91. The van der Waals surface area contributed by atoms with Crippen molar-refractivity contribution in [3.63, 3.8) is 0 Å². The van der Waals surface area contributed by atoms with Crippen LogP contribution in [-0.2, 0) is 6.42 Å². The SMILES string of the molecule is O=c1[nH]nc(Cc2ccccc2)n1-c1ccc2c(c1)OCO2. The molecular formula is C16H13N3O3. The number of nitrogens with one attached hydrogen (secondary N) is 1. The zero-order chi connectivity index (χ0) is 14.9. The van der Waals surface area contributed by atoms with Gasteiger partial charge in [0.1, 0.15) is 5.82 Å². The van der Waals surface area contributed by atoms with Crippen molar-refractivity contribution < 1.29 is 9.47 Å². The van der Waals surface area contributed by atoms with Crippen LogP contribution < -0.4 is 15.2 Å². The molecule has 2 heterocycles. The van der Waals surface area contributed by atoms with Crippen molar-refractivity contribution in [2.24, 2.45) is 0 Å². The summed E-state index contributed by atoms with van der Waals surface area (Å²) in [4.78, 5) is 12.1. The van der Waals surface area contributed by atoms with E-state index in [1.165, 1.54) is 0 Å². The minimum absolute atomic E-state index is 0.204. The molecule has 1 aliphatic rings. The van der Waals surface area contributed by atoms with E-state index in [-0.39, 0.29) is 12.5 Å². The Kier molecular flexibility index (Phi) is 2.93. The van der Waals surface area contributed by atoms with E-state index >= 15 is 0 Å². The lowest BCUT2D eigenvalue weighted by Gasteiger charge is -2.07. The molecule has 0 unspecified atom stereocenters. The highest BCUT2D eigenvalue weighted by Crippen LogP contribution is 2.33. The van der Waals surface area contributed by atoms with Gasteiger partial charge >= 0.3 is 5.69 Å². The molecule has 22 heavy (non-hydrogen) atoms. The number of H-pyrrole nitrogens is 1. The monoisotopic (exact) mass is 295 g/mol. The summed E-state index contributed by atoms with van der Waals surface area (Å²) in [6.07, 6.45) is 0.564. The number of aromatic amines is 1. The molecule has 1 aromatic heterocycles. The normalized spacial score (nSPS) is 12.5. The Hall–Kier alpha value is -3.02. The molecule has 0 fully saturated rings. The molecule has 0 saturated carbocycles. The molecule has 0 bridgehead atoms. The lowest BCUT2D eigenvalue weighted by atomic mass is 10.1. The molecule has 0 radical (unpaired) electrons. The fourth-order valence-corrected chi connectivity index (χ4v) is 2.52. The van der Waals surface area contributed by atoms with Gasteiger partial charge in [-0.15, -0.1) is 0 Å². The van der Waals surface area contributed by atoms with Crippen LogP contribution in [0.25, 0.3) is 5.69 Å². The Labute approximate surface area is 125 Å². The topological polar surface area (TPSA) is 69.1 Å². The quantitative estimate of drug-likeness (QED) is 0.801. The second kappa shape index (κ2) is 5.07. The van der Waals surface area contributed by atoms with Gasteiger partial charge in [0.05, 0.1) is 5.69 Å². The van der Waals surface area contributed by atoms with Crippen molar-refractivity contribution in [2.45, 2.75) is 6.42 Å². The van der Waals surface area contributed by atoms with Gasteiger partial charge in [-0.3, -0.25) is 0 Å². The van der Waals surface area contributed by atoms with Gasteiger partial charge in [-0.1, -0.05) is 30.3 Å². The molecule has 6 nitrogen and oxygen atoms in total. The van der Waals surface area contributed by atoms with Gasteiger partial charge in [-0.25, -0.2) is 14.5 Å². The largest absolute Gasteiger partial charge is 0.454 e. The molecule has 0 aliphatic carbocycles. The van der Waals surface area contributed by atoms with Gasteiger partial charge in [0.25, 0.3) is 0 Å². The maximum atomic E-state index is 12.1. The predicted octanol–water partition coefficient (Wildman–Crippen LogP) is 1.88. The third kappa shape index (κ3) is 2.14. The Morgan fingerprint density at radius 3 is 2.77 bits per heavy atom. The molecular weight excluding hydrogens is 282 g/mol. The number of hydrogen-bond donors (Lipinski definition) is 1. The van der Waals surface area contributed by atoms with E-state index < -0.39 is 0 Å². The maximum absolute atomic E-state index is 12.1. The maximum Gasteiger partial charge on any atom is 0.347 e. The highest BCUT2D eigenvalue weighted by Gasteiger charge is 2.17. The second-order valence-corrected chi connectivity index (χ2v) is 4.98. The molecule has 4 rings (SSSR count). The fourth-order valence-electron chi connectivity index (χ4n) is 2.52. The molecule has 3 aromatic rings. The number of rotatable bonds is 3. The second-order valence-electron chi connectivity index (χ2n) is 4.98. The smallest absolute Gasteiger partial charge is 0.347 e. The van der Waals surface area contributed by atoms with Crippen LogP contribution in [0.4, 0.5) is 0 Å². The average molecular weight is 295 g/mol. The van der Waals surface area contributed by atoms with E-state index in [1.807, 2.05) is 36.4 Å². The molecule has 1 aliphatic heterocycles. The fraction of sp³-hybridized carbons (Fsp3) is 0.125. The third-order valence-electron chi connectivity index (χ3n) is 3.56. The van der Waals surface area contributed by atoms with E-state index in [0.717, 1.165) is 5.56 Å². The summed E-state index contributed by atoms with van der Waals surface area (Å²) >= 11 is 0. The number of nitrogens with zero attached hydrogens (tertiary/aromatic N) is 2. The predicted molar refractivity (Wildman–Crippen MR) is 79.6 cm³/mol. The number of fused-ring (bicyclic) bond motifs is 1. The van der Waals surface area contributed by atoms with Crippen molar-refractivity contribution in [1.29, 1.82) is 0 Å². The summed E-state index contributed by atoms with van der Waals surface area (Å²) in [6.45, 7) is 0.204. The molecule has 1 N–H and O–H groups in total. The van der Waals surface area contributed by atoms with Crippen molar-refractivity contribution in [2.75, 3.05) is 6.79 Å². The van der Waals surface area contributed by atoms with Crippen LogP contribution in [0.2, 0.25) is 0 Å². The minimum atomic E-state index is -0.273. The summed E-state index contributed by atoms with van der Waals surface area (Å²) in [5.74, 6) is 1.97. The Morgan fingerprint density at radius 2 is 1.91 bits per heavy atom. The molecule has 0 saturated heterocycles. The molecule has 0 spiro atoms. The van der Waals surface area contributed by atoms with Crippen LogP contribution in [0.5, 0.6) is 11.5 Å². The summed E-state index contributed by atoms with van der Waals surface area (Å²) in [5.41, 5.74) is 1.52. The van der Waals surface area contributed by atoms with Gasteiger partial charge in [0.15, 0.2) is 11.5 Å². The molecule has 0 amide bonds. The van der Waals surface area contributed by atoms with Crippen LogP contribution in [0.3, 0.4) is 0 Å². The number of aromatic nitrogens is 3. The molecule has 6 heteroatoms. The lowest BCUT2D eigenvalue weighted by Crippen LogP contribution is -2.17. The van der Waals surface area contributed by atoms with E-state index in [2.05, 4.69) is 10.2 Å². The van der Waals surface area contributed by atoms with E-state index in [0.29, 0.717) is 29.4 Å². The minimum Gasteiger partial charge on any atom is -0.454 e. The van der Waals surface area contributed by atoms with E-state index in [4.69, 9.17) is 9.47 Å². The first-order valence-corrected chi connectivity index (χ1v) is 6.91. The van der Waals surface area contributed by atoms with Gasteiger partial charge < -0.3 is 9.47 Å². The third-order valence-corrected chi connectivity index (χ3v) is 3.56. The Morgan fingerprint density at radius 1 is 1.09 bits per heavy atom. The lowest BCUT2D eigenvalue weighted by molar-refractivity contribution is 0.174. The zero-order valence-corrected chi connectivity index (χ0v) is 11.7. The Balaban J connectivity index is 1.76. The van der Waals surface area contributed by atoms with Gasteiger partial charge in [-0.05, 0) is 17.7 Å². The summed E-state index contributed by atoms with van der Waals surface area (Å²) in [5, 5.41) is 6.64. The van der Waals surface area contributed by atoms with Crippen LogP contribution in [0.1, 0.15) is 11.4 Å². The first kappa shape index (κ1) is 12.7. The van der Waals surface area contributed by atoms with Crippen LogP contribution in [0, 0.1) is 0 Å². The number of benzene rings is 2. The van der Waals surface area contributed by atoms with Crippen molar-refractivity contribution in [1.82, 2.24) is 14.8 Å². The standard InChI is InChI=1S/C16H13N3O3/c20-16-18-17-15(8-11-4-2-1-3-5-11)19(16)12-6-7-13-14(9-12)22-10-21-13/h1-7,9H,8,10H2,(H,18,20). The van der Waals surface area contributed by atoms with Crippen LogP contribution in [-0.4, -0.2) is 21.6 Å².